The number of hydrogen-bond donors (Lipinski definition) is 1. The van der Waals surface area contributed by atoms with Gasteiger partial charge in [-0.15, -0.1) is 0 Å². The number of ketones is 1. The second-order valence-corrected chi connectivity index (χ2v) is 9.14. The largest absolute Gasteiger partial charge is 0.493 e. The van der Waals surface area contributed by atoms with Gasteiger partial charge in [0.25, 0.3) is 0 Å². The van der Waals surface area contributed by atoms with Gasteiger partial charge in [0.15, 0.2) is 17.3 Å². The molecule has 1 aliphatic heterocycles. The fraction of sp³-hybridized carbons (Fsp3) is 0.357. The van der Waals surface area contributed by atoms with Crippen LogP contribution < -0.4 is 14.8 Å². The molecule has 0 saturated carbocycles. The van der Waals surface area contributed by atoms with Crippen molar-refractivity contribution in [3.05, 3.63) is 81.9 Å². The normalized spacial score (nSPS) is 19.9. The Hall–Kier alpha value is -3.61. The van der Waals surface area contributed by atoms with Gasteiger partial charge in [-0.3, -0.25) is 4.79 Å². The van der Waals surface area contributed by atoms with E-state index < -0.39 is 11.9 Å². The zero-order chi connectivity index (χ0) is 25.3. The van der Waals surface area contributed by atoms with Crippen molar-refractivity contribution in [1.82, 2.24) is 5.32 Å². The van der Waals surface area contributed by atoms with Crippen molar-refractivity contribution in [2.45, 2.75) is 51.6 Å². The highest BCUT2D eigenvalue weighted by atomic mass is 19.1. The molecule has 0 fully saturated rings. The Morgan fingerprint density at radius 1 is 1.00 bits per heavy atom. The summed E-state index contributed by atoms with van der Waals surface area (Å²) < 4.78 is 30.0. The third-order valence-electron chi connectivity index (χ3n) is 6.47. The van der Waals surface area contributed by atoms with Crippen LogP contribution in [0, 0.1) is 5.82 Å². The second kappa shape index (κ2) is 9.94. The van der Waals surface area contributed by atoms with Gasteiger partial charge in [-0.1, -0.05) is 18.2 Å². The number of carbonyl (C=O) groups excluding carboxylic acids is 2. The van der Waals surface area contributed by atoms with E-state index in [9.17, 15) is 14.0 Å². The van der Waals surface area contributed by atoms with Crippen molar-refractivity contribution in [3.63, 3.8) is 0 Å². The number of hydrogen-bond acceptors (Lipinski definition) is 6. The van der Waals surface area contributed by atoms with Crippen molar-refractivity contribution in [2.24, 2.45) is 0 Å². The van der Waals surface area contributed by atoms with E-state index in [2.05, 4.69) is 5.32 Å². The predicted octanol–water partition coefficient (Wildman–Crippen LogP) is 5.16. The molecule has 6 nitrogen and oxygen atoms in total. The maximum absolute atomic E-state index is 13.7. The molecule has 0 spiro atoms. The molecule has 1 aliphatic carbocycles. The van der Waals surface area contributed by atoms with Crippen LogP contribution in [0.1, 0.15) is 56.6 Å². The minimum atomic E-state index is -0.628. The molecule has 4 rings (SSSR count). The van der Waals surface area contributed by atoms with Crippen molar-refractivity contribution in [1.29, 1.82) is 0 Å². The van der Waals surface area contributed by atoms with E-state index in [0.717, 1.165) is 11.3 Å². The molecule has 0 bridgehead atoms. The highest BCUT2D eigenvalue weighted by Gasteiger charge is 2.41. The van der Waals surface area contributed by atoms with Gasteiger partial charge in [0, 0.05) is 29.3 Å². The Morgan fingerprint density at radius 3 is 2.29 bits per heavy atom. The lowest BCUT2D eigenvalue weighted by atomic mass is 9.71. The van der Waals surface area contributed by atoms with Gasteiger partial charge in [-0.25, -0.2) is 9.18 Å². The van der Waals surface area contributed by atoms with Crippen LogP contribution in [0.5, 0.6) is 11.5 Å². The molecule has 35 heavy (non-hydrogen) atoms. The maximum Gasteiger partial charge on any atom is 0.337 e. The number of esters is 1. The number of allylic oxidation sites excluding steroid dienone is 3. The third-order valence-corrected chi connectivity index (χ3v) is 6.47. The Bertz CT molecular complexity index is 1210. The monoisotopic (exact) mass is 479 g/mol. The summed E-state index contributed by atoms with van der Waals surface area (Å²) in [6.07, 6.45) is 0.542. The van der Waals surface area contributed by atoms with Crippen molar-refractivity contribution in [2.75, 3.05) is 14.2 Å². The molecule has 0 unspecified atom stereocenters. The zero-order valence-electron chi connectivity index (χ0n) is 20.6. The van der Waals surface area contributed by atoms with Crippen LogP contribution in [0.2, 0.25) is 0 Å². The lowest BCUT2D eigenvalue weighted by Crippen LogP contribution is -2.36. The summed E-state index contributed by atoms with van der Waals surface area (Å²) in [7, 11) is 3.16. The molecule has 1 heterocycles. The molecule has 2 aromatic rings. The fourth-order valence-corrected chi connectivity index (χ4v) is 4.92. The molecule has 2 aromatic carbocycles. The van der Waals surface area contributed by atoms with Gasteiger partial charge in [0.2, 0.25) is 0 Å². The Labute approximate surface area is 204 Å². The van der Waals surface area contributed by atoms with Crippen LogP contribution >= 0.6 is 0 Å². The maximum atomic E-state index is 13.7. The smallest absolute Gasteiger partial charge is 0.337 e. The minimum absolute atomic E-state index is 0.0600. The first-order chi connectivity index (χ1) is 16.7. The van der Waals surface area contributed by atoms with Crippen LogP contribution in [0.3, 0.4) is 0 Å². The summed E-state index contributed by atoms with van der Waals surface area (Å²) in [5, 5.41) is 3.32. The summed E-state index contributed by atoms with van der Waals surface area (Å²) in [4.78, 5) is 26.7. The highest BCUT2D eigenvalue weighted by molar-refractivity contribution is 6.04. The van der Waals surface area contributed by atoms with Gasteiger partial charge >= 0.3 is 5.97 Å². The molecule has 1 N–H and O–H groups in total. The number of halogens is 1. The van der Waals surface area contributed by atoms with Gasteiger partial charge in [0.05, 0.1) is 25.9 Å². The van der Waals surface area contributed by atoms with E-state index in [1.807, 2.05) is 25.1 Å². The Balaban J connectivity index is 1.77. The summed E-state index contributed by atoms with van der Waals surface area (Å²) in [5.74, 6) is -0.398. The number of carbonyl (C=O) groups is 2. The van der Waals surface area contributed by atoms with E-state index in [4.69, 9.17) is 14.2 Å². The standard InChI is InChI=1S/C28H30FNO5/c1-15(2)35-28(32)25-16(3)30-21-12-19(18-8-11-23(33-4)24(14-18)34-5)13-22(31)27(21)26(25)17-6-9-20(29)10-7-17/h6-11,14-15,19,26,30H,12-13H2,1-5H3/t19-,26+/m1/s1. The summed E-state index contributed by atoms with van der Waals surface area (Å²) in [5.41, 5.74) is 3.96. The molecular weight excluding hydrogens is 449 g/mol. The minimum Gasteiger partial charge on any atom is -0.493 e. The quantitative estimate of drug-likeness (QED) is 0.578. The van der Waals surface area contributed by atoms with Crippen LogP contribution in [0.25, 0.3) is 0 Å². The topological polar surface area (TPSA) is 73.9 Å². The summed E-state index contributed by atoms with van der Waals surface area (Å²) in [6.45, 7) is 5.37. The first-order valence-corrected chi connectivity index (χ1v) is 11.7. The van der Waals surface area contributed by atoms with Gasteiger partial charge in [-0.2, -0.15) is 0 Å². The number of dihydropyridines is 1. The zero-order valence-corrected chi connectivity index (χ0v) is 20.6. The predicted molar refractivity (Wildman–Crippen MR) is 130 cm³/mol. The summed E-state index contributed by atoms with van der Waals surface area (Å²) in [6, 6.07) is 11.6. The van der Waals surface area contributed by atoms with Gasteiger partial charge in [-0.05, 0) is 68.5 Å². The molecule has 2 aliphatic rings. The molecule has 184 valence electrons. The molecule has 0 radical (unpaired) electrons. The van der Waals surface area contributed by atoms with Crippen LogP contribution in [-0.4, -0.2) is 32.1 Å². The van der Waals surface area contributed by atoms with Crippen molar-refractivity contribution >= 4 is 11.8 Å². The SMILES string of the molecule is COc1ccc([C@H]2CC(=O)C3=C(C2)NC(C)=C(C(=O)OC(C)C)[C@@H]3c2ccc(F)cc2)cc1OC. The van der Waals surface area contributed by atoms with E-state index in [1.54, 1.807) is 40.2 Å². The lowest BCUT2D eigenvalue weighted by Gasteiger charge is -2.37. The molecule has 0 aromatic heterocycles. The Kier molecular flexibility index (Phi) is 6.96. The first kappa shape index (κ1) is 24.5. The molecule has 2 atom stereocenters. The molecular formula is C28H30FNO5. The van der Waals surface area contributed by atoms with Crippen molar-refractivity contribution in [3.8, 4) is 11.5 Å². The lowest BCUT2D eigenvalue weighted by molar-refractivity contribution is -0.143. The van der Waals surface area contributed by atoms with Crippen molar-refractivity contribution < 1.29 is 28.2 Å². The number of nitrogens with one attached hydrogen (secondary N) is 1. The molecule has 7 heteroatoms. The van der Waals surface area contributed by atoms with E-state index in [-0.39, 0.29) is 30.0 Å². The second-order valence-electron chi connectivity index (χ2n) is 9.14. The van der Waals surface area contributed by atoms with Crippen LogP contribution in [0.4, 0.5) is 4.39 Å². The van der Waals surface area contributed by atoms with E-state index in [0.29, 0.717) is 40.3 Å². The van der Waals surface area contributed by atoms with Gasteiger partial charge < -0.3 is 19.5 Å². The number of rotatable bonds is 6. The van der Waals surface area contributed by atoms with E-state index >= 15 is 0 Å². The highest BCUT2D eigenvalue weighted by Crippen LogP contribution is 2.46. The van der Waals surface area contributed by atoms with E-state index in [1.165, 1.54) is 12.1 Å². The number of ether oxygens (including phenoxy) is 3. The fourth-order valence-electron chi connectivity index (χ4n) is 4.92. The first-order valence-electron chi connectivity index (χ1n) is 11.7. The van der Waals surface area contributed by atoms with Crippen LogP contribution in [-0.2, 0) is 14.3 Å². The van der Waals surface area contributed by atoms with Crippen LogP contribution in [0.15, 0.2) is 65.0 Å². The third kappa shape index (κ3) is 4.81. The molecule has 0 saturated heterocycles. The Morgan fingerprint density at radius 2 is 1.66 bits per heavy atom. The molecule has 0 amide bonds. The number of methoxy groups -OCH3 is 2. The summed E-state index contributed by atoms with van der Waals surface area (Å²) >= 11 is 0. The number of benzene rings is 2. The number of Topliss-reactive ketones (excluding diaryl/α,β-unsaturated/α-hetero) is 1. The average Bonchev–Trinajstić information content (AvgIpc) is 2.82. The average molecular weight is 480 g/mol. The van der Waals surface area contributed by atoms with Gasteiger partial charge in [0.1, 0.15) is 5.82 Å².